The minimum atomic E-state index is -0.0526. The van der Waals surface area contributed by atoms with Gasteiger partial charge in [-0.2, -0.15) is 0 Å². The minimum absolute atomic E-state index is 0.00594. The fourth-order valence-corrected chi connectivity index (χ4v) is 2.85. The second-order valence-corrected chi connectivity index (χ2v) is 6.22. The Morgan fingerprint density at radius 2 is 1.74 bits per heavy atom. The smallest absolute Gasteiger partial charge is 0.223 e. The molecule has 1 aliphatic heterocycles. The van der Waals surface area contributed by atoms with Crippen molar-refractivity contribution in [1.82, 2.24) is 10.2 Å². The van der Waals surface area contributed by atoms with Crippen LogP contribution in [0.1, 0.15) is 43.0 Å². The van der Waals surface area contributed by atoms with E-state index in [0.29, 0.717) is 23.7 Å². The topological polar surface area (TPSA) is 66.5 Å². The maximum Gasteiger partial charge on any atom is 0.223 e. The van der Waals surface area contributed by atoms with Crippen LogP contribution >= 0.6 is 11.6 Å². The lowest BCUT2D eigenvalue weighted by atomic mass is 10.0. The molecule has 23 heavy (non-hydrogen) atoms. The Labute approximate surface area is 141 Å². The Bertz CT molecular complexity index is 578. The van der Waals surface area contributed by atoms with E-state index in [2.05, 4.69) is 5.32 Å². The summed E-state index contributed by atoms with van der Waals surface area (Å²) in [6, 6.07) is 6.84. The van der Waals surface area contributed by atoms with Gasteiger partial charge in [-0.15, -0.1) is 0 Å². The molecule has 0 radical (unpaired) electrons. The molecule has 1 aromatic rings. The molecule has 2 rings (SSSR count). The van der Waals surface area contributed by atoms with Crippen molar-refractivity contribution in [3.05, 3.63) is 34.9 Å². The fraction of sp³-hybridized carbons (Fsp3) is 0.471. The van der Waals surface area contributed by atoms with E-state index >= 15 is 0 Å². The zero-order valence-corrected chi connectivity index (χ0v) is 13.9. The Morgan fingerprint density at radius 1 is 1.13 bits per heavy atom. The summed E-state index contributed by atoms with van der Waals surface area (Å²) >= 11 is 5.79. The summed E-state index contributed by atoms with van der Waals surface area (Å²) in [7, 11) is 0. The lowest BCUT2D eigenvalue weighted by molar-refractivity contribution is -0.132. The van der Waals surface area contributed by atoms with Gasteiger partial charge in [0.15, 0.2) is 5.78 Å². The molecule has 0 aromatic heterocycles. The Kier molecular flexibility index (Phi) is 6.16. The van der Waals surface area contributed by atoms with Gasteiger partial charge < -0.3 is 10.2 Å². The highest BCUT2D eigenvalue weighted by Gasteiger charge is 2.23. The van der Waals surface area contributed by atoms with Gasteiger partial charge in [0.1, 0.15) is 0 Å². The second kappa shape index (κ2) is 8.11. The van der Waals surface area contributed by atoms with Crippen LogP contribution < -0.4 is 5.32 Å². The highest BCUT2D eigenvalue weighted by Crippen LogP contribution is 2.15. The number of hydrogen-bond donors (Lipinski definition) is 1. The molecule has 0 saturated carbocycles. The van der Waals surface area contributed by atoms with Crippen LogP contribution in [0.4, 0.5) is 0 Å². The number of nitrogens with one attached hydrogen (secondary N) is 1. The van der Waals surface area contributed by atoms with E-state index in [4.69, 9.17) is 11.6 Å². The van der Waals surface area contributed by atoms with Gasteiger partial charge in [0.05, 0.1) is 0 Å². The molecule has 0 unspecified atom stereocenters. The molecular weight excluding hydrogens is 316 g/mol. The van der Waals surface area contributed by atoms with Gasteiger partial charge in [0.2, 0.25) is 11.8 Å². The Balaban J connectivity index is 1.76. The van der Waals surface area contributed by atoms with Gasteiger partial charge in [-0.1, -0.05) is 11.6 Å². The van der Waals surface area contributed by atoms with Crippen LogP contribution in [0.3, 0.4) is 0 Å². The molecule has 124 valence electrons. The van der Waals surface area contributed by atoms with Gasteiger partial charge in [-0.25, -0.2) is 0 Å². The van der Waals surface area contributed by atoms with Crippen molar-refractivity contribution in [2.45, 2.75) is 38.6 Å². The molecular formula is C17H21ClN2O3. The highest BCUT2D eigenvalue weighted by atomic mass is 35.5. The van der Waals surface area contributed by atoms with Crippen LogP contribution in [0.2, 0.25) is 5.02 Å². The number of carbonyl (C=O) groups excluding carboxylic acids is 3. The van der Waals surface area contributed by atoms with E-state index in [1.165, 1.54) is 6.92 Å². The quantitative estimate of drug-likeness (QED) is 0.840. The van der Waals surface area contributed by atoms with Crippen LogP contribution in [-0.2, 0) is 9.59 Å². The molecule has 1 aliphatic rings. The van der Waals surface area contributed by atoms with Gasteiger partial charge >= 0.3 is 0 Å². The maximum atomic E-state index is 12.2. The second-order valence-electron chi connectivity index (χ2n) is 5.79. The van der Waals surface area contributed by atoms with Crippen molar-refractivity contribution in [3.8, 4) is 0 Å². The highest BCUT2D eigenvalue weighted by molar-refractivity contribution is 6.30. The number of likely N-dealkylation sites (tertiary alicyclic amines) is 1. The molecule has 1 saturated heterocycles. The SMILES string of the molecule is CC(=O)NC1CCN(C(=O)CCC(=O)c2ccc(Cl)cc2)CC1. The zero-order chi connectivity index (χ0) is 16.8. The van der Waals surface area contributed by atoms with Crippen LogP contribution in [-0.4, -0.2) is 41.6 Å². The molecule has 0 bridgehead atoms. The maximum absolute atomic E-state index is 12.2. The number of hydrogen-bond acceptors (Lipinski definition) is 3. The first-order valence-corrected chi connectivity index (χ1v) is 8.17. The molecule has 0 aliphatic carbocycles. The first-order valence-electron chi connectivity index (χ1n) is 7.79. The number of piperidine rings is 1. The third-order valence-corrected chi connectivity index (χ3v) is 4.24. The lowest BCUT2D eigenvalue weighted by Crippen LogP contribution is -2.46. The molecule has 6 heteroatoms. The summed E-state index contributed by atoms with van der Waals surface area (Å²) < 4.78 is 0. The third kappa shape index (κ3) is 5.36. The predicted molar refractivity (Wildman–Crippen MR) is 88.4 cm³/mol. The molecule has 1 aromatic carbocycles. The standard InChI is InChI=1S/C17H21ClN2O3/c1-12(21)19-15-8-10-20(11-9-15)17(23)7-6-16(22)13-2-4-14(18)5-3-13/h2-5,15H,6-11H2,1H3,(H,19,21). The number of rotatable bonds is 5. The minimum Gasteiger partial charge on any atom is -0.353 e. The van der Waals surface area contributed by atoms with Gasteiger partial charge in [-0.3, -0.25) is 14.4 Å². The third-order valence-electron chi connectivity index (χ3n) is 3.99. The van der Waals surface area contributed by atoms with Crippen LogP contribution in [0.25, 0.3) is 0 Å². The van der Waals surface area contributed by atoms with Crippen molar-refractivity contribution >= 4 is 29.2 Å². The van der Waals surface area contributed by atoms with E-state index in [0.717, 1.165) is 12.8 Å². The van der Waals surface area contributed by atoms with E-state index in [9.17, 15) is 14.4 Å². The number of Topliss-reactive ketones (excluding diaryl/α,β-unsaturated/α-hetero) is 1. The molecule has 0 atom stereocenters. The van der Waals surface area contributed by atoms with Gasteiger partial charge in [0.25, 0.3) is 0 Å². The summed E-state index contributed by atoms with van der Waals surface area (Å²) in [5, 5.41) is 3.46. The number of halogens is 1. The fourth-order valence-electron chi connectivity index (χ4n) is 2.72. The number of amides is 2. The van der Waals surface area contributed by atoms with Crippen molar-refractivity contribution in [2.24, 2.45) is 0 Å². The van der Waals surface area contributed by atoms with Gasteiger partial charge in [0, 0.05) is 49.5 Å². The lowest BCUT2D eigenvalue weighted by Gasteiger charge is -2.32. The molecule has 1 fully saturated rings. The number of ketones is 1. The van der Waals surface area contributed by atoms with Crippen molar-refractivity contribution in [2.75, 3.05) is 13.1 Å². The number of nitrogens with zero attached hydrogens (tertiary/aromatic N) is 1. The number of carbonyl (C=O) groups is 3. The molecule has 1 heterocycles. The molecule has 2 amide bonds. The van der Waals surface area contributed by atoms with Gasteiger partial charge in [-0.05, 0) is 37.1 Å². The summed E-state index contributed by atoms with van der Waals surface area (Å²) in [5.41, 5.74) is 0.576. The number of benzene rings is 1. The molecule has 1 N–H and O–H groups in total. The van der Waals surface area contributed by atoms with Crippen molar-refractivity contribution in [3.63, 3.8) is 0 Å². The summed E-state index contributed by atoms with van der Waals surface area (Å²) in [6.45, 7) is 2.75. The Hall–Kier alpha value is -1.88. The van der Waals surface area contributed by atoms with E-state index in [-0.39, 0.29) is 36.5 Å². The average molecular weight is 337 g/mol. The Morgan fingerprint density at radius 3 is 2.30 bits per heavy atom. The average Bonchev–Trinajstić information content (AvgIpc) is 2.53. The molecule has 0 spiro atoms. The first kappa shape index (κ1) is 17.5. The van der Waals surface area contributed by atoms with Crippen LogP contribution in [0.5, 0.6) is 0 Å². The van der Waals surface area contributed by atoms with E-state index in [1.807, 2.05) is 0 Å². The first-order chi connectivity index (χ1) is 11.0. The van der Waals surface area contributed by atoms with Crippen molar-refractivity contribution in [1.29, 1.82) is 0 Å². The predicted octanol–water partition coefficient (Wildman–Crippen LogP) is 2.43. The monoisotopic (exact) mass is 336 g/mol. The summed E-state index contributed by atoms with van der Waals surface area (Å²) in [5.74, 6) is -0.0972. The summed E-state index contributed by atoms with van der Waals surface area (Å²) in [4.78, 5) is 37.0. The molecule has 5 nitrogen and oxygen atoms in total. The van der Waals surface area contributed by atoms with Crippen LogP contribution in [0.15, 0.2) is 24.3 Å². The normalized spacial score (nSPS) is 15.3. The largest absolute Gasteiger partial charge is 0.353 e. The van der Waals surface area contributed by atoms with Crippen LogP contribution in [0, 0.1) is 0 Å². The van der Waals surface area contributed by atoms with E-state index < -0.39 is 0 Å². The van der Waals surface area contributed by atoms with E-state index in [1.54, 1.807) is 29.2 Å². The van der Waals surface area contributed by atoms with Crippen molar-refractivity contribution < 1.29 is 14.4 Å². The zero-order valence-electron chi connectivity index (χ0n) is 13.2. The summed E-state index contributed by atoms with van der Waals surface area (Å²) in [6.07, 6.45) is 1.94.